The summed E-state index contributed by atoms with van der Waals surface area (Å²) in [7, 11) is 0. The van der Waals surface area contributed by atoms with Crippen LogP contribution in [0.1, 0.15) is 17.2 Å². The number of benzene rings is 1. The third kappa shape index (κ3) is 5.15. The normalized spacial score (nSPS) is 12.3. The molecule has 22 heavy (non-hydrogen) atoms. The number of carbonyl (C=O) groups is 1. The molecule has 2 rings (SSSR count). The summed E-state index contributed by atoms with van der Waals surface area (Å²) in [4.78, 5) is 15.6. The summed E-state index contributed by atoms with van der Waals surface area (Å²) >= 11 is 11.8. The van der Waals surface area contributed by atoms with Gasteiger partial charge in [-0.15, -0.1) is 0 Å². The Bertz CT molecular complexity index is 655. The standard InChI is InChI=1S/C16H14Cl2N2O2/c17-13-7-11(8-14(18)9-13)1-2-16(22)20-10-15(21)12-3-5-19-6-4-12/h1-9,15,21H,10H2,(H,20,22). The smallest absolute Gasteiger partial charge is 0.244 e. The molecular weight excluding hydrogens is 323 g/mol. The minimum atomic E-state index is -0.777. The van der Waals surface area contributed by atoms with E-state index >= 15 is 0 Å². The van der Waals surface area contributed by atoms with Gasteiger partial charge < -0.3 is 10.4 Å². The van der Waals surface area contributed by atoms with Gasteiger partial charge >= 0.3 is 0 Å². The highest BCUT2D eigenvalue weighted by molar-refractivity contribution is 6.34. The van der Waals surface area contributed by atoms with E-state index in [0.29, 0.717) is 15.6 Å². The first kappa shape index (κ1) is 16.5. The number of aliphatic hydroxyl groups is 1. The summed E-state index contributed by atoms with van der Waals surface area (Å²) < 4.78 is 0. The van der Waals surface area contributed by atoms with E-state index in [1.165, 1.54) is 6.08 Å². The Kier molecular flexibility index (Phi) is 5.95. The van der Waals surface area contributed by atoms with Crippen LogP contribution in [-0.4, -0.2) is 22.5 Å². The van der Waals surface area contributed by atoms with E-state index in [-0.39, 0.29) is 12.5 Å². The SMILES string of the molecule is O=C(C=Cc1cc(Cl)cc(Cl)c1)NCC(O)c1ccncc1. The summed E-state index contributed by atoms with van der Waals surface area (Å²) in [6.07, 6.45) is 5.36. The maximum Gasteiger partial charge on any atom is 0.244 e. The van der Waals surface area contributed by atoms with Gasteiger partial charge in [-0.25, -0.2) is 0 Å². The van der Waals surface area contributed by atoms with Gasteiger partial charge in [-0.05, 0) is 47.5 Å². The number of aromatic nitrogens is 1. The van der Waals surface area contributed by atoms with Crippen molar-refractivity contribution in [1.82, 2.24) is 10.3 Å². The molecule has 1 aromatic carbocycles. The van der Waals surface area contributed by atoms with Gasteiger partial charge in [-0.1, -0.05) is 23.2 Å². The van der Waals surface area contributed by atoms with Crippen LogP contribution in [0.15, 0.2) is 48.8 Å². The van der Waals surface area contributed by atoms with Gasteiger partial charge in [0.1, 0.15) is 0 Å². The third-order valence-electron chi connectivity index (χ3n) is 2.87. The van der Waals surface area contributed by atoms with Crippen molar-refractivity contribution < 1.29 is 9.90 Å². The van der Waals surface area contributed by atoms with Crippen molar-refractivity contribution in [3.63, 3.8) is 0 Å². The first-order chi connectivity index (χ1) is 10.5. The maximum atomic E-state index is 11.7. The lowest BCUT2D eigenvalue weighted by Gasteiger charge is -2.10. The summed E-state index contributed by atoms with van der Waals surface area (Å²) in [5, 5.41) is 13.5. The van der Waals surface area contributed by atoms with Crippen molar-refractivity contribution >= 4 is 35.2 Å². The molecule has 0 aliphatic rings. The third-order valence-corrected chi connectivity index (χ3v) is 3.31. The Labute approximate surface area is 138 Å². The topological polar surface area (TPSA) is 62.2 Å². The molecular formula is C16H14Cl2N2O2. The second-order valence-corrected chi connectivity index (χ2v) is 5.45. The summed E-state index contributed by atoms with van der Waals surface area (Å²) in [5.41, 5.74) is 1.42. The molecule has 0 aliphatic carbocycles. The van der Waals surface area contributed by atoms with Crippen LogP contribution >= 0.6 is 23.2 Å². The molecule has 0 fully saturated rings. The van der Waals surface area contributed by atoms with Gasteiger partial charge in [0.25, 0.3) is 0 Å². The number of hydrogen-bond donors (Lipinski definition) is 2. The Morgan fingerprint density at radius 3 is 2.50 bits per heavy atom. The number of aliphatic hydroxyl groups excluding tert-OH is 1. The fraction of sp³-hybridized carbons (Fsp3) is 0.125. The largest absolute Gasteiger partial charge is 0.387 e. The molecule has 0 spiro atoms. The molecule has 2 N–H and O–H groups in total. The molecule has 1 aromatic heterocycles. The van der Waals surface area contributed by atoms with E-state index in [1.807, 2.05) is 0 Å². The lowest BCUT2D eigenvalue weighted by Crippen LogP contribution is -2.26. The van der Waals surface area contributed by atoms with Crippen molar-refractivity contribution in [2.45, 2.75) is 6.10 Å². The molecule has 1 atom stereocenters. The molecule has 0 aliphatic heterocycles. The van der Waals surface area contributed by atoms with E-state index in [0.717, 1.165) is 5.56 Å². The number of nitrogens with one attached hydrogen (secondary N) is 1. The van der Waals surface area contributed by atoms with Gasteiger partial charge in [0.15, 0.2) is 0 Å². The summed E-state index contributed by atoms with van der Waals surface area (Å²) in [5.74, 6) is -0.316. The minimum absolute atomic E-state index is 0.115. The average molecular weight is 337 g/mol. The Morgan fingerprint density at radius 1 is 1.23 bits per heavy atom. The van der Waals surface area contributed by atoms with Crippen LogP contribution in [-0.2, 0) is 4.79 Å². The number of nitrogens with zero attached hydrogens (tertiary/aromatic N) is 1. The van der Waals surface area contributed by atoms with Gasteiger partial charge in [-0.3, -0.25) is 9.78 Å². The van der Waals surface area contributed by atoms with Crippen LogP contribution in [0.2, 0.25) is 10.0 Å². The molecule has 0 saturated heterocycles. The first-order valence-electron chi connectivity index (χ1n) is 6.54. The van der Waals surface area contributed by atoms with Crippen molar-refractivity contribution in [2.24, 2.45) is 0 Å². The Morgan fingerprint density at radius 2 is 1.86 bits per heavy atom. The van der Waals surface area contributed by atoms with Crippen LogP contribution in [0.3, 0.4) is 0 Å². The van der Waals surface area contributed by atoms with Crippen LogP contribution < -0.4 is 5.32 Å². The molecule has 1 unspecified atom stereocenters. The predicted octanol–water partition coefficient (Wildman–Crippen LogP) is 3.25. The van der Waals surface area contributed by atoms with E-state index in [1.54, 1.807) is 48.8 Å². The number of amides is 1. The zero-order valence-corrected chi connectivity index (χ0v) is 13.1. The molecule has 4 nitrogen and oxygen atoms in total. The molecule has 1 heterocycles. The zero-order valence-electron chi connectivity index (χ0n) is 11.5. The molecule has 114 valence electrons. The van der Waals surface area contributed by atoms with E-state index < -0.39 is 6.10 Å². The van der Waals surface area contributed by atoms with Crippen molar-refractivity contribution in [1.29, 1.82) is 0 Å². The molecule has 2 aromatic rings. The highest BCUT2D eigenvalue weighted by atomic mass is 35.5. The van der Waals surface area contributed by atoms with Crippen LogP contribution in [0, 0.1) is 0 Å². The summed E-state index contributed by atoms with van der Waals surface area (Å²) in [6, 6.07) is 8.40. The van der Waals surface area contributed by atoms with Crippen LogP contribution in [0.5, 0.6) is 0 Å². The van der Waals surface area contributed by atoms with Gasteiger partial charge in [0.2, 0.25) is 5.91 Å². The molecule has 0 saturated carbocycles. The lowest BCUT2D eigenvalue weighted by atomic mass is 10.1. The molecule has 6 heteroatoms. The maximum absolute atomic E-state index is 11.7. The first-order valence-corrected chi connectivity index (χ1v) is 7.30. The summed E-state index contributed by atoms with van der Waals surface area (Å²) in [6.45, 7) is 0.115. The quantitative estimate of drug-likeness (QED) is 0.824. The average Bonchev–Trinajstić information content (AvgIpc) is 2.50. The van der Waals surface area contributed by atoms with Gasteiger partial charge in [0.05, 0.1) is 6.10 Å². The van der Waals surface area contributed by atoms with Crippen LogP contribution in [0.4, 0.5) is 0 Å². The lowest BCUT2D eigenvalue weighted by molar-refractivity contribution is -0.116. The van der Waals surface area contributed by atoms with Crippen LogP contribution in [0.25, 0.3) is 6.08 Å². The highest BCUT2D eigenvalue weighted by Gasteiger charge is 2.07. The number of halogens is 2. The second kappa shape index (κ2) is 7.94. The number of pyridine rings is 1. The van der Waals surface area contributed by atoms with Crippen molar-refractivity contribution in [3.05, 3.63) is 70.0 Å². The number of hydrogen-bond acceptors (Lipinski definition) is 3. The molecule has 0 radical (unpaired) electrons. The Balaban J connectivity index is 1.89. The second-order valence-electron chi connectivity index (χ2n) is 4.58. The van der Waals surface area contributed by atoms with E-state index in [2.05, 4.69) is 10.3 Å². The fourth-order valence-corrected chi connectivity index (χ4v) is 2.35. The Hall–Kier alpha value is -1.88. The van der Waals surface area contributed by atoms with E-state index in [9.17, 15) is 9.90 Å². The van der Waals surface area contributed by atoms with Gasteiger partial charge in [0, 0.05) is 35.1 Å². The minimum Gasteiger partial charge on any atom is -0.387 e. The fourth-order valence-electron chi connectivity index (χ4n) is 1.80. The van der Waals surface area contributed by atoms with Crippen molar-refractivity contribution in [3.8, 4) is 0 Å². The van der Waals surface area contributed by atoms with Gasteiger partial charge in [-0.2, -0.15) is 0 Å². The van der Waals surface area contributed by atoms with E-state index in [4.69, 9.17) is 23.2 Å². The number of rotatable bonds is 5. The number of carbonyl (C=O) groups excluding carboxylic acids is 1. The monoisotopic (exact) mass is 336 g/mol. The molecule has 0 bridgehead atoms. The molecule has 1 amide bonds. The predicted molar refractivity (Wildman–Crippen MR) is 87.7 cm³/mol. The van der Waals surface area contributed by atoms with Crippen molar-refractivity contribution in [2.75, 3.05) is 6.54 Å². The zero-order chi connectivity index (χ0) is 15.9. The highest BCUT2D eigenvalue weighted by Crippen LogP contribution is 2.19.